The van der Waals surface area contributed by atoms with Crippen molar-refractivity contribution in [1.29, 1.82) is 0 Å². The number of hydrogen-bond donors (Lipinski definition) is 2. The number of urea groups is 1. The van der Waals surface area contributed by atoms with Crippen LogP contribution in [0.15, 0.2) is 24.3 Å². The smallest absolute Gasteiger partial charge is 0.317 e. The maximum absolute atomic E-state index is 12.2. The van der Waals surface area contributed by atoms with Crippen LogP contribution in [-0.4, -0.2) is 53.7 Å². The standard InChI is InChI=1S/C19H29N3O2/c1-21(13-15-6-7-15)19(24)20-12-16-4-2-3-5-17(16)14-22-10-8-18(23)9-11-22/h2-5,15,18,23H,6-14H2,1H3,(H,20,24). The van der Waals surface area contributed by atoms with Crippen molar-refractivity contribution >= 4 is 6.03 Å². The van der Waals surface area contributed by atoms with E-state index in [0.29, 0.717) is 12.5 Å². The summed E-state index contributed by atoms with van der Waals surface area (Å²) in [6, 6.07) is 8.32. The molecule has 2 amide bonds. The minimum absolute atomic E-state index is 0.0118. The lowest BCUT2D eigenvalue weighted by Gasteiger charge is -2.30. The number of nitrogens with zero attached hydrogens (tertiary/aromatic N) is 2. The fourth-order valence-electron chi connectivity index (χ4n) is 3.28. The van der Waals surface area contributed by atoms with Gasteiger partial charge in [0.1, 0.15) is 0 Å². The second-order valence-electron chi connectivity index (χ2n) is 7.26. The van der Waals surface area contributed by atoms with Gasteiger partial charge in [0.05, 0.1) is 6.10 Å². The first-order valence-corrected chi connectivity index (χ1v) is 9.08. The molecule has 5 heteroatoms. The van der Waals surface area contributed by atoms with E-state index in [1.54, 1.807) is 4.90 Å². The Morgan fingerprint density at radius 2 is 1.88 bits per heavy atom. The summed E-state index contributed by atoms with van der Waals surface area (Å²) in [6.45, 7) is 4.19. The molecule has 1 aliphatic heterocycles. The Kier molecular flexibility index (Phi) is 5.74. The minimum atomic E-state index is -0.141. The normalized spacial score (nSPS) is 19.2. The molecule has 0 unspecified atom stereocenters. The summed E-state index contributed by atoms with van der Waals surface area (Å²) in [5.74, 6) is 0.711. The van der Waals surface area contributed by atoms with Crippen LogP contribution in [0.1, 0.15) is 36.8 Å². The highest BCUT2D eigenvalue weighted by Gasteiger charge is 2.24. The molecule has 0 spiro atoms. The van der Waals surface area contributed by atoms with E-state index in [1.165, 1.54) is 24.0 Å². The second-order valence-corrected chi connectivity index (χ2v) is 7.26. The number of carbonyl (C=O) groups excluding carboxylic acids is 1. The molecule has 24 heavy (non-hydrogen) atoms. The molecule has 1 aromatic rings. The molecular formula is C19H29N3O2. The summed E-state index contributed by atoms with van der Waals surface area (Å²) < 4.78 is 0. The molecule has 5 nitrogen and oxygen atoms in total. The summed E-state index contributed by atoms with van der Waals surface area (Å²) in [4.78, 5) is 16.4. The Morgan fingerprint density at radius 3 is 2.54 bits per heavy atom. The molecule has 1 aromatic carbocycles. The van der Waals surface area contributed by atoms with Crippen molar-refractivity contribution in [3.05, 3.63) is 35.4 Å². The maximum Gasteiger partial charge on any atom is 0.317 e. The first-order chi connectivity index (χ1) is 11.6. The largest absolute Gasteiger partial charge is 0.393 e. The predicted octanol–water partition coefficient (Wildman–Crippen LogP) is 2.19. The first-order valence-electron chi connectivity index (χ1n) is 9.08. The van der Waals surface area contributed by atoms with Gasteiger partial charge in [0.2, 0.25) is 0 Å². The monoisotopic (exact) mass is 331 g/mol. The van der Waals surface area contributed by atoms with Crippen LogP contribution in [0.25, 0.3) is 0 Å². The van der Waals surface area contributed by atoms with E-state index in [1.807, 2.05) is 13.1 Å². The van der Waals surface area contributed by atoms with Gasteiger partial charge >= 0.3 is 6.03 Å². The molecule has 2 aliphatic rings. The lowest BCUT2D eigenvalue weighted by Crippen LogP contribution is -2.38. The fourth-order valence-corrected chi connectivity index (χ4v) is 3.28. The van der Waals surface area contributed by atoms with Crippen molar-refractivity contribution in [1.82, 2.24) is 15.1 Å². The molecule has 0 radical (unpaired) electrons. The highest BCUT2D eigenvalue weighted by molar-refractivity contribution is 5.73. The number of benzene rings is 1. The number of rotatable bonds is 6. The van der Waals surface area contributed by atoms with Crippen LogP contribution >= 0.6 is 0 Å². The molecule has 2 N–H and O–H groups in total. The number of hydrogen-bond acceptors (Lipinski definition) is 3. The van der Waals surface area contributed by atoms with Crippen LogP contribution < -0.4 is 5.32 Å². The van der Waals surface area contributed by atoms with Crippen LogP contribution in [0.3, 0.4) is 0 Å². The first kappa shape index (κ1) is 17.2. The van der Waals surface area contributed by atoms with Gasteiger partial charge < -0.3 is 15.3 Å². The van der Waals surface area contributed by atoms with Crippen LogP contribution in [0.4, 0.5) is 4.79 Å². The van der Waals surface area contributed by atoms with Gasteiger partial charge in [-0.15, -0.1) is 0 Å². The molecule has 0 aromatic heterocycles. The number of piperidine rings is 1. The number of aliphatic hydroxyl groups is 1. The van der Waals surface area contributed by atoms with Gasteiger partial charge in [-0.25, -0.2) is 4.79 Å². The van der Waals surface area contributed by atoms with Crippen LogP contribution in [0, 0.1) is 5.92 Å². The highest BCUT2D eigenvalue weighted by Crippen LogP contribution is 2.29. The maximum atomic E-state index is 12.2. The Bertz CT molecular complexity index is 551. The second kappa shape index (κ2) is 7.99. The SMILES string of the molecule is CN(CC1CC1)C(=O)NCc1ccccc1CN1CCC(O)CC1. The van der Waals surface area contributed by atoms with E-state index in [-0.39, 0.29) is 12.1 Å². The summed E-state index contributed by atoms with van der Waals surface area (Å²) in [6.07, 6.45) is 4.07. The van der Waals surface area contributed by atoms with E-state index in [2.05, 4.69) is 28.4 Å². The van der Waals surface area contributed by atoms with Crippen LogP contribution in [0.5, 0.6) is 0 Å². The third kappa shape index (κ3) is 4.95. The molecule has 132 valence electrons. The molecule has 1 heterocycles. The van der Waals surface area contributed by atoms with Crippen molar-refractivity contribution in [2.75, 3.05) is 26.7 Å². The molecule has 3 rings (SSSR count). The topological polar surface area (TPSA) is 55.8 Å². The lowest BCUT2D eigenvalue weighted by atomic mass is 10.0. The van der Waals surface area contributed by atoms with Crippen molar-refractivity contribution in [3.8, 4) is 0 Å². The zero-order valence-electron chi connectivity index (χ0n) is 14.6. The van der Waals surface area contributed by atoms with Crippen molar-refractivity contribution in [3.63, 3.8) is 0 Å². The average molecular weight is 331 g/mol. The summed E-state index contributed by atoms with van der Waals surface area (Å²) in [7, 11) is 1.87. The molecule has 0 bridgehead atoms. The van der Waals surface area contributed by atoms with Gasteiger partial charge in [0.15, 0.2) is 0 Å². The Morgan fingerprint density at radius 1 is 1.21 bits per heavy atom. The number of carbonyl (C=O) groups is 1. The van der Waals surface area contributed by atoms with Gasteiger partial charge in [-0.1, -0.05) is 24.3 Å². The Balaban J connectivity index is 1.52. The highest BCUT2D eigenvalue weighted by atomic mass is 16.3. The number of aliphatic hydroxyl groups excluding tert-OH is 1. The van der Waals surface area contributed by atoms with Gasteiger partial charge in [-0.05, 0) is 42.7 Å². The summed E-state index contributed by atoms with van der Waals surface area (Å²) in [5.41, 5.74) is 2.44. The Hall–Kier alpha value is -1.59. The number of amides is 2. The molecule has 1 saturated heterocycles. The van der Waals surface area contributed by atoms with Crippen LogP contribution in [-0.2, 0) is 13.1 Å². The van der Waals surface area contributed by atoms with Gasteiger partial charge in [-0.3, -0.25) is 4.90 Å². The number of likely N-dealkylation sites (tertiary alicyclic amines) is 1. The number of nitrogens with one attached hydrogen (secondary N) is 1. The fraction of sp³-hybridized carbons (Fsp3) is 0.632. The van der Waals surface area contributed by atoms with Crippen molar-refractivity contribution < 1.29 is 9.90 Å². The molecular weight excluding hydrogens is 302 g/mol. The summed E-state index contributed by atoms with van der Waals surface area (Å²) in [5, 5.41) is 12.7. The molecule has 2 fully saturated rings. The van der Waals surface area contributed by atoms with E-state index in [4.69, 9.17) is 0 Å². The predicted molar refractivity (Wildman–Crippen MR) is 94.5 cm³/mol. The van der Waals surface area contributed by atoms with Crippen molar-refractivity contribution in [2.24, 2.45) is 5.92 Å². The zero-order valence-corrected chi connectivity index (χ0v) is 14.6. The van der Waals surface area contributed by atoms with Gasteiger partial charge in [-0.2, -0.15) is 0 Å². The minimum Gasteiger partial charge on any atom is -0.393 e. The zero-order chi connectivity index (χ0) is 16.9. The third-order valence-electron chi connectivity index (χ3n) is 5.08. The average Bonchev–Trinajstić information content (AvgIpc) is 3.40. The summed E-state index contributed by atoms with van der Waals surface area (Å²) >= 11 is 0. The lowest BCUT2D eigenvalue weighted by molar-refractivity contribution is 0.0791. The molecule has 1 aliphatic carbocycles. The third-order valence-corrected chi connectivity index (χ3v) is 5.08. The van der Waals surface area contributed by atoms with E-state index < -0.39 is 0 Å². The molecule has 1 saturated carbocycles. The van der Waals surface area contributed by atoms with Gasteiger partial charge in [0, 0.05) is 39.8 Å². The van der Waals surface area contributed by atoms with Crippen LogP contribution in [0.2, 0.25) is 0 Å². The van der Waals surface area contributed by atoms with Gasteiger partial charge in [0.25, 0.3) is 0 Å². The Labute approximate surface area is 144 Å². The quantitative estimate of drug-likeness (QED) is 0.840. The van der Waals surface area contributed by atoms with E-state index in [0.717, 1.165) is 39.0 Å². The van der Waals surface area contributed by atoms with E-state index >= 15 is 0 Å². The van der Waals surface area contributed by atoms with Crippen molar-refractivity contribution in [2.45, 2.75) is 44.9 Å². The van der Waals surface area contributed by atoms with E-state index in [9.17, 15) is 9.90 Å². The molecule has 0 atom stereocenters.